The van der Waals surface area contributed by atoms with Crippen molar-refractivity contribution < 1.29 is 14.4 Å². The highest BCUT2D eigenvalue weighted by molar-refractivity contribution is 6.29. The molecule has 4 amide bonds. The first-order chi connectivity index (χ1) is 10.6. The van der Waals surface area contributed by atoms with Crippen LogP contribution < -0.4 is 5.32 Å². The lowest BCUT2D eigenvalue weighted by molar-refractivity contribution is -0.129. The monoisotopic (exact) mass is 294 g/mol. The van der Waals surface area contributed by atoms with Crippen LogP contribution in [0.15, 0.2) is 70.9 Å². The molecule has 2 aliphatic carbocycles. The minimum atomic E-state index is -0.707. The molecule has 5 nitrogen and oxygen atoms in total. The first kappa shape index (κ1) is 14.0. The number of allylic oxidation sites excluding steroid dienone is 11. The van der Waals surface area contributed by atoms with Gasteiger partial charge in [-0.05, 0) is 23.1 Å². The quantitative estimate of drug-likeness (QED) is 0.548. The predicted octanol–water partition coefficient (Wildman–Crippen LogP) is 1.93. The van der Waals surface area contributed by atoms with E-state index in [1.54, 1.807) is 12.2 Å². The van der Waals surface area contributed by atoms with E-state index >= 15 is 0 Å². The van der Waals surface area contributed by atoms with Gasteiger partial charge in [-0.2, -0.15) is 0 Å². The van der Waals surface area contributed by atoms with Gasteiger partial charge in [-0.3, -0.25) is 19.8 Å². The highest BCUT2D eigenvalue weighted by Gasteiger charge is 2.34. The number of fused-ring (bicyclic) bond motifs is 2. The fourth-order valence-corrected chi connectivity index (χ4v) is 2.41. The molecule has 0 aromatic rings. The van der Waals surface area contributed by atoms with Crippen molar-refractivity contribution >= 4 is 17.8 Å². The minimum absolute atomic E-state index is 0.0255. The molecule has 2 bridgehead atoms. The van der Waals surface area contributed by atoms with Crippen molar-refractivity contribution in [3.63, 3.8) is 0 Å². The number of carbonyl (C=O) groups is 3. The van der Waals surface area contributed by atoms with Crippen molar-refractivity contribution in [1.82, 2.24) is 10.2 Å². The average molecular weight is 294 g/mol. The first-order valence-electron chi connectivity index (χ1n) is 6.86. The standard InChI is InChI=1S/C17H14N2O3/c1-19-16(21)14(15(20)18-17(19)22)13-8-6-11-4-2-3-5-12(10-11)7-9-13/h2-9H,10H2,1H3,(H,18,20,22)/b8-6-,9-7-. The van der Waals surface area contributed by atoms with Gasteiger partial charge in [0.15, 0.2) is 0 Å². The summed E-state index contributed by atoms with van der Waals surface area (Å²) >= 11 is 0. The van der Waals surface area contributed by atoms with E-state index in [0.717, 1.165) is 22.5 Å². The largest absolute Gasteiger partial charge is 0.331 e. The summed E-state index contributed by atoms with van der Waals surface area (Å²) in [7, 11) is 1.34. The number of barbiturate groups is 1. The van der Waals surface area contributed by atoms with E-state index in [9.17, 15) is 14.4 Å². The molecule has 22 heavy (non-hydrogen) atoms. The summed E-state index contributed by atoms with van der Waals surface area (Å²) < 4.78 is 0. The number of rotatable bonds is 0. The Labute approximate surface area is 127 Å². The van der Waals surface area contributed by atoms with E-state index in [4.69, 9.17) is 0 Å². The average Bonchev–Trinajstić information content (AvgIpc) is 2.72. The number of imide groups is 2. The second-order valence-corrected chi connectivity index (χ2v) is 5.17. The van der Waals surface area contributed by atoms with Crippen LogP contribution in [0.25, 0.3) is 0 Å². The third-order valence-corrected chi connectivity index (χ3v) is 3.65. The lowest BCUT2D eigenvalue weighted by atomic mass is 9.96. The molecule has 1 heterocycles. The van der Waals surface area contributed by atoms with Crippen molar-refractivity contribution in [1.29, 1.82) is 0 Å². The molecular weight excluding hydrogens is 280 g/mol. The van der Waals surface area contributed by atoms with Gasteiger partial charge in [0.2, 0.25) is 0 Å². The van der Waals surface area contributed by atoms with Crippen LogP contribution in [0.2, 0.25) is 0 Å². The highest BCUT2D eigenvalue weighted by atomic mass is 16.2. The lowest BCUT2D eigenvalue weighted by Crippen LogP contribution is -2.52. The van der Waals surface area contributed by atoms with Crippen LogP contribution in [0.4, 0.5) is 4.79 Å². The van der Waals surface area contributed by atoms with Gasteiger partial charge in [0.1, 0.15) is 5.57 Å². The highest BCUT2D eigenvalue weighted by Crippen LogP contribution is 2.24. The molecule has 0 atom stereocenters. The number of hydrogen-bond donors (Lipinski definition) is 1. The predicted molar refractivity (Wildman–Crippen MR) is 81.5 cm³/mol. The Morgan fingerprint density at radius 1 is 0.955 bits per heavy atom. The molecule has 3 aliphatic rings. The van der Waals surface area contributed by atoms with E-state index in [1.807, 2.05) is 36.5 Å². The van der Waals surface area contributed by atoms with Gasteiger partial charge in [-0.15, -0.1) is 0 Å². The van der Waals surface area contributed by atoms with Crippen LogP contribution in [0.3, 0.4) is 0 Å². The number of likely N-dealkylation sites (N-methyl/N-ethyl adjacent to an activating group) is 1. The van der Waals surface area contributed by atoms with E-state index in [1.165, 1.54) is 7.05 Å². The Morgan fingerprint density at radius 2 is 1.55 bits per heavy atom. The van der Waals surface area contributed by atoms with Crippen molar-refractivity contribution in [2.75, 3.05) is 7.05 Å². The van der Waals surface area contributed by atoms with E-state index < -0.39 is 17.8 Å². The molecule has 110 valence electrons. The van der Waals surface area contributed by atoms with Gasteiger partial charge >= 0.3 is 6.03 Å². The molecule has 1 fully saturated rings. The zero-order valence-electron chi connectivity index (χ0n) is 12.0. The second kappa shape index (κ2) is 5.44. The molecule has 0 saturated carbocycles. The number of urea groups is 1. The SMILES string of the molecule is CN1C(=O)NC(=O)C(=C2/C=C\C3=CC=CC=C(/C=C\2)C3)C1=O. The fraction of sp³-hybridized carbons (Fsp3) is 0.118. The molecule has 3 rings (SSSR count). The number of nitrogens with zero attached hydrogens (tertiary/aromatic N) is 1. The summed E-state index contributed by atoms with van der Waals surface area (Å²) in [5, 5.41) is 2.17. The smallest absolute Gasteiger partial charge is 0.273 e. The molecule has 1 aliphatic heterocycles. The van der Waals surface area contributed by atoms with Crippen molar-refractivity contribution in [3.8, 4) is 0 Å². The molecule has 1 saturated heterocycles. The summed E-state index contributed by atoms with van der Waals surface area (Å²) in [5.41, 5.74) is 2.62. The Morgan fingerprint density at radius 3 is 2.14 bits per heavy atom. The molecule has 0 radical (unpaired) electrons. The molecule has 5 heteroatoms. The summed E-state index contributed by atoms with van der Waals surface area (Å²) in [6.45, 7) is 0. The van der Waals surface area contributed by atoms with Crippen molar-refractivity contribution in [3.05, 3.63) is 70.9 Å². The number of amides is 4. The Balaban J connectivity index is 2.10. The van der Waals surface area contributed by atoms with Crippen molar-refractivity contribution in [2.45, 2.75) is 6.42 Å². The van der Waals surface area contributed by atoms with Crippen LogP contribution in [0.5, 0.6) is 0 Å². The van der Waals surface area contributed by atoms with Gasteiger partial charge in [0, 0.05) is 7.05 Å². The van der Waals surface area contributed by atoms with Gasteiger partial charge < -0.3 is 0 Å². The van der Waals surface area contributed by atoms with Crippen LogP contribution in [0, 0.1) is 0 Å². The molecule has 0 aromatic heterocycles. The summed E-state index contributed by atoms with van der Waals surface area (Å²) in [5.74, 6) is -1.26. The van der Waals surface area contributed by atoms with E-state index in [-0.39, 0.29) is 5.57 Å². The number of nitrogens with one attached hydrogen (secondary N) is 1. The van der Waals surface area contributed by atoms with Crippen LogP contribution >= 0.6 is 0 Å². The third kappa shape index (κ3) is 2.48. The zero-order chi connectivity index (χ0) is 15.7. The van der Waals surface area contributed by atoms with Gasteiger partial charge in [0.25, 0.3) is 11.8 Å². The van der Waals surface area contributed by atoms with Crippen LogP contribution in [-0.2, 0) is 9.59 Å². The fourth-order valence-electron chi connectivity index (χ4n) is 2.41. The van der Waals surface area contributed by atoms with Crippen molar-refractivity contribution in [2.24, 2.45) is 0 Å². The van der Waals surface area contributed by atoms with Gasteiger partial charge in [-0.1, -0.05) is 48.6 Å². The second-order valence-electron chi connectivity index (χ2n) is 5.17. The summed E-state index contributed by atoms with van der Waals surface area (Å²) in [4.78, 5) is 36.6. The number of hydrogen-bond acceptors (Lipinski definition) is 3. The number of carbonyl (C=O) groups excluding carboxylic acids is 3. The van der Waals surface area contributed by atoms with Crippen LogP contribution in [0.1, 0.15) is 6.42 Å². The maximum absolute atomic E-state index is 12.2. The van der Waals surface area contributed by atoms with E-state index in [2.05, 4.69) is 5.32 Å². The normalized spacial score (nSPS) is 24.0. The van der Waals surface area contributed by atoms with Crippen LogP contribution in [-0.4, -0.2) is 29.8 Å². The summed E-state index contributed by atoms with van der Waals surface area (Å²) in [6, 6.07) is -0.707. The first-order valence-corrected chi connectivity index (χ1v) is 6.86. The maximum atomic E-state index is 12.2. The minimum Gasteiger partial charge on any atom is -0.273 e. The Bertz CT molecular complexity index is 727. The third-order valence-electron chi connectivity index (χ3n) is 3.65. The molecule has 1 N–H and O–H groups in total. The summed E-state index contributed by atoms with van der Waals surface area (Å²) in [6.07, 6.45) is 15.9. The van der Waals surface area contributed by atoms with Gasteiger partial charge in [0.05, 0.1) is 0 Å². The van der Waals surface area contributed by atoms with E-state index in [0.29, 0.717) is 5.57 Å². The molecule has 0 unspecified atom stereocenters. The molecular formula is C17H14N2O3. The maximum Gasteiger partial charge on any atom is 0.331 e. The Kier molecular flexibility index (Phi) is 3.47. The molecule has 0 spiro atoms. The molecule has 0 aromatic carbocycles. The topological polar surface area (TPSA) is 66.5 Å². The Hall–Kier alpha value is -2.95. The van der Waals surface area contributed by atoms with Gasteiger partial charge in [-0.25, -0.2) is 4.79 Å². The lowest BCUT2D eigenvalue weighted by Gasteiger charge is -2.23. The zero-order valence-corrected chi connectivity index (χ0v) is 12.0.